The summed E-state index contributed by atoms with van der Waals surface area (Å²) in [6, 6.07) is 13.5. The van der Waals surface area contributed by atoms with Crippen molar-refractivity contribution in [3.8, 4) is 0 Å². The lowest BCUT2D eigenvalue weighted by Gasteiger charge is -2.11. The Balaban J connectivity index is 1.50. The van der Waals surface area contributed by atoms with Gasteiger partial charge in [-0.3, -0.25) is 4.79 Å². The molecule has 2 aromatic carbocycles. The summed E-state index contributed by atoms with van der Waals surface area (Å²) in [7, 11) is 0. The molecule has 0 saturated heterocycles. The molecular formula is C27H35FN8O3. The first-order valence-corrected chi connectivity index (χ1v) is 12.6. The quantitative estimate of drug-likeness (QED) is 0.121. The highest BCUT2D eigenvalue weighted by atomic mass is 19.1. The van der Waals surface area contributed by atoms with E-state index in [1.54, 1.807) is 24.3 Å². The lowest BCUT2D eigenvalue weighted by Crippen LogP contribution is -2.27. The van der Waals surface area contributed by atoms with Crippen LogP contribution in [0.1, 0.15) is 21.5 Å². The highest BCUT2D eigenvalue weighted by Gasteiger charge is 2.08. The Bertz CT molecular complexity index is 1180. The number of benzene rings is 2. The van der Waals surface area contributed by atoms with Gasteiger partial charge < -0.3 is 36.5 Å². The van der Waals surface area contributed by atoms with Crippen LogP contribution in [0.4, 0.5) is 22.2 Å². The van der Waals surface area contributed by atoms with Crippen LogP contribution in [-0.2, 0) is 22.6 Å². The van der Waals surface area contributed by atoms with Crippen LogP contribution in [0.25, 0.3) is 0 Å². The number of nitrogens with one attached hydrogen (secondary N) is 4. The third-order valence-electron chi connectivity index (χ3n) is 5.21. The zero-order valence-corrected chi connectivity index (χ0v) is 21.8. The van der Waals surface area contributed by atoms with Gasteiger partial charge in [-0.1, -0.05) is 30.3 Å². The van der Waals surface area contributed by atoms with Gasteiger partial charge in [0.15, 0.2) is 0 Å². The van der Waals surface area contributed by atoms with Crippen LogP contribution in [0, 0.1) is 5.82 Å². The molecule has 208 valence electrons. The minimum Gasteiger partial charge on any atom is -0.378 e. The van der Waals surface area contributed by atoms with Gasteiger partial charge in [-0.05, 0) is 35.4 Å². The molecule has 12 heteroatoms. The van der Waals surface area contributed by atoms with Gasteiger partial charge in [0.2, 0.25) is 17.8 Å². The van der Waals surface area contributed by atoms with Gasteiger partial charge in [0.25, 0.3) is 5.91 Å². The summed E-state index contributed by atoms with van der Waals surface area (Å²) in [6.45, 7) is 7.66. The standard InChI is InChI=1S/C27H35FN8O3/c1-2-11-31-25-34-26(36-27(35-25)33-19-21-4-3-5-23(28)17-21)32-18-20-6-8-22(9-7-20)24(37)30-12-14-39-16-15-38-13-10-29/h2-9,17H,1,10-16,18-19,29H2,(H,30,37)(H3,31,32,33,34,35,36). The molecule has 0 aliphatic carbocycles. The predicted molar refractivity (Wildman–Crippen MR) is 149 cm³/mol. The first kappa shape index (κ1) is 29.4. The van der Waals surface area contributed by atoms with Crippen molar-refractivity contribution < 1.29 is 18.7 Å². The average Bonchev–Trinajstić information content (AvgIpc) is 2.95. The molecule has 0 atom stereocenters. The number of ether oxygens (including phenoxy) is 2. The summed E-state index contributed by atoms with van der Waals surface area (Å²) in [5.41, 5.74) is 7.59. The number of rotatable bonds is 18. The van der Waals surface area contributed by atoms with E-state index in [1.165, 1.54) is 12.1 Å². The largest absolute Gasteiger partial charge is 0.378 e. The monoisotopic (exact) mass is 538 g/mol. The van der Waals surface area contributed by atoms with Crippen LogP contribution in [-0.4, -0.2) is 66.9 Å². The maximum atomic E-state index is 13.5. The van der Waals surface area contributed by atoms with Gasteiger partial charge in [-0.2, -0.15) is 15.0 Å². The van der Waals surface area contributed by atoms with Gasteiger partial charge in [-0.25, -0.2) is 4.39 Å². The van der Waals surface area contributed by atoms with E-state index in [1.807, 2.05) is 18.2 Å². The lowest BCUT2D eigenvalue weighted by molar-refractivity contribution is 0.0511. The third-order valence-corrected chi connectivity index (χ3v) is 5.21. The van der Waals surface area contributed by atoms with E-state index < -0.39 is 0 Å². The first-order chi connectivity index (χ1) is 19.1. The number of amides is 1. The van der Waals surface area contributed by atoms with Gasteiger partial charge in [0.05, 0.1) is 26.4 Å². The Morgan fingerprint density at radius 3 is 2.15 bits per heavy atom. The molecule has 0 unspecified atom stereocenters. The molecule has 6 N–H and O–H groups in total. The van der Waals surface area contributed by atoms with E-state index in [0.717, 1.165) is 11.1 Å². The first-order valence-electron chi connectivity index (χ1n) is 12.6. The van der Waals surface area contributed by atoms with Gasteiger partial charge >= 0.3 is 0 Å². The van der Waals surface area contributed by atoms with E-state index in [0.29, 0.717) is 82.6 Å². The van der Waals surface area contributed by atoms with Crippen molar-refractivity contribution in [3.63, 3.8) is 0 Å². The third kappa shape index (κ3) is 11.0. The van der Waals surface area contributed by atoms with Crippen molar-refractivity contribution in [1.82, 2.24) is 20.3 Å². The van der Waals surface area contributed by atoms with Crippen LogP contribution >= 0.6 is 0 Å². The van der Waals surface area contributed by atoms with Crippen LogP contribution in [0.3, 0.4) is 0 Å². The van der Waals surface area contributed by atoms with E-state index >= 15 is 0 Å². The topological polar surface area (TPSA) is 148 Å². The van der Waals surface area contributed by atoms with Crippen LogP contribution in [0.5, 0.6) is 0 Å². The molecule has 0 aliphatic rings. The number of aromatic nitrogens is 3. The minimum absolute atomic E-state index is 0.179. The van der Waals surface area contributed by atoms with Crippen molar-refractivity contribution in [1.29, 1.82) is 0 Å². The van der Waals surface area contributed by atoms with Crippen molar-refractivity contribution in [3.05, 3.63) is 83.7 Å². The second-order valence-corrected chi connectivity index (χ2v) is 8.28. The highest BCUT2D eigenvalue weighted by Crippen LogP contribution is 2.13. The van der Waals surface area contributed by atoms with E-state index in [-0.39, 0.29) is 11.7 Å². The lowest BCUT2D eigenvalue weighted by atomic mass is 10.1. The second-order valence-electron chi connectivity index (χ2n) is 8.28. The van der Waals surface area contributed by atoms with E-state index in [9.17, 15) is 9.18 Å². The molecule has 1 heterocycles. The van der Waals surface area contributed by atoms with Crippen molar-refractivity contribution in [2.45, 2.75) is 13.1 Å². The van der Waals surface area contributed by atoms with Crippen molar-refractivity contribution in [2.24, 2.45) is 5.73 Å². The molecule has 39 heavy (non-hydrogen) atoms. The number of hydrogen-bond acceptors (Lipinski definition) is 10. The summed E-state index contributed by atoms with van der Waals surface area (Å²) in [6.07, 6.45) is 1.70. The Morgan fingerprint density at radius 2 is 1.51 bits per heavy atom. The summed E-state index contributed by atoms with van der Waals surface area (Å²) in [5.74, 6) is 0.574. The number of anilines is 3. The highest BCUT2D eigenvalue weighted by molar-refractivity contribution is 5.94. The fourth-order valence-corrected chi connectivity index (χ4v) is 3.30. The summed E-state index contributed by atoms with van der Waals surface area (Å²) < 4.78 is 24.1. The zero-order valence-electron chi connectivity index (χ0n) is 21.8. The van der Waals surface area contributed by atoms with Crippen LogP contribution in [0.2, 0.25) is 0 Å². The molecule has 11 nitrogen and oxygen atoms in total. The number of halogens is 1. The Hall–Kier alpha value is -4.13. The predicted octanol–water partition coefficient (Wildman–Crippen LogP) is 2.55. The number of nitrogens with two attached hydrogens (primary N) is 1. The van der Waals surface area contributed by atoms with Gasteiger partial charge in [-0.15, -0.1) is 6.58 Å². The number of nitrogens with zero attached hydrogens (tertiary/aromatic N) is 3. The maximum Gasteiger partial charge on any atom is 0.251 e. The van der Waals surface area contributed by atoms with Gasteiger partial charge in [0, 0.05) is 38.3 Å². The molecule has 0 fully saturated rings. The Labute approximate surface area is 227 Å². The minimum atomic E-state index is -0.307. The van der Waals surface area contributed by atoms with Crippen molar-refractivity contribution in [2.75, 3.05) is 62.0 Å². The van der Waals surface area contributed by atoms with Crippen molar-refractivity contribution >= 4 is 23.8 Å². The average molecular weight is 539 g/mol. The molecule has 1 amide bonds. The number of carbonyl (C=O) groups is 1. The molecule has 3 aromatic rings. The van der Waals surface area contributed by atoms with Crippen LogP contribution < -0.4 is 27.0 Å². The smallest absolute Gasteiger partial charge is 0.251 e. The van der Waals surface area contributed by atoms with Crippen LogP contribution in [0.15, 0.2) is 61.2 Å². The van der Waals surface area contributed by atoms with E-state index in [4.69, 9.17) is 15.2 Å². The van der Waals surface area contributed by atoms with E-state index in [2.05, 4.69) is 42.8 Å². The normalized spacial score (nSPS) is 10.6. The zero-order chi connectivity index (χ0) is 27.7. The molecule has 3 rings (SSSR count). The number of hydrogen-bond donors (Lipinski definition) is 5. The fraction of sp³-hybridized carbons (Fsp3) is 0.333. The molecule has 0 bridgehead atoms. The molecule has 0 spiro atoms. The second kappa shape index (κ2) is 16.7. The molecular weight excluding hydrogens is 503 g/mol. The SMILES string of the molecule is C=CCNc1nc(NCc2ccc(C(=O)NCCOCCOCCN)cc2)nc(NCc2cccc(F)c2)n1. The molecule has 0 aliphatic heterocycles. The number of carbonyl (C=O) groups excluding carboxylic acids is 1. The Morgan fingerprint density at radius 1 is 0.872 bits per heavy atom. The molecule has 0 radical (unpaired) electrons. The summed E-state index contributed by atoms with van der Waals surface area (Å²) in [4.78, 5) is 25.5. The Kier molecular flexibility index (Phi) is 12.6. The summed E-state index contributed by atoms with van der Waals surface area (Å²) in [5, 5.41) is 12.2. The van der Waals surface area contributed by atoms with Gasteiger partial charge in [0.1, 0.15) is 5.82 Å². The summed E-state index contributed by atoms with van der Waals surface area (Å²) >= 11 is 0. The fourth-order valence-electron chi connectivity index (χ4n) is 3.30. The molecule has 1 aromatic heterocycles. The molecule has 0 saturated carbocycles. The maximum absolute atomic E-state index is 13.5.